The maximum absolute atomic E-state index is 12.7. The highest BCUT2D eigenvalue weighted by molar-refractivity contribution is 5.82. The lowest BCUT2D eigenvalue weighted by atomic mass is 9.99. The molecule has 2 atom stereocenters. The molecule has 1 amide bonds. The van der Waals surface area contributed by atoms with E-state index in [1.54, 1.807) is 0 Å². The van der Waals surface area contributed by atoms with E-state index in [1.165, 1.54) is 5.56 Å². The molecular formula is C17H23N3O3. The molecule has 6 nitrogen and oxygen atoms in total. The minimum Gasteiger partial charge on any atom is -0.347 e. The van der Waals surface area contributed by atoms with Gasteiger partial charge in [-0.2, -0.15) is 0 Å². The van der Waals surface area contributed by atoms with Crippen molar-refractivity contribution in [3.05, 3.63) is 35.9 Å². The van der Waals surface area contributed by atoms with Crippen LogP contribution in [0.5, 0.6) is 0 Å². The summed E-state index contributed by atoms with van der Waals surface area (Å²) < 4.78 is 11.4. The SMILES string of the molecule is O=C(C1CC(c2ccccc2)NN1)N1CCC2(CC1)OCCO2. The Morgan fingerprint density at radius 1 is 1.09 bits per heavy atom. The van der Waals surface area contributed by atoms with Crippen LogP contribution in [0.3, 0.4) is 0 Å². The molecule has 2 N–H and O–H groups in total. The molecule has 3 aliphatic heterocycles. The average Bonchev–Trinajstić information content (AvgIpc) is 3.26. The molecule has 1 spiro atoms. The number of ether oxygens (including phenoxy) is 2. The van der Waals surface area contributed by atoms with E-state index in [0.29, 0.717) is 26.3 Å². The molecule has 6 heteroatoms. The number of hydrogen-bond acceptors (Lipinski definition) is 5. The molecule has 1 aromatic rings. The van der Waals surface area contributed by atoms with Crippen molar-refractivity contribution in [2.75, 3.05) is 26.3 Å². The van der Waals surface area contributed by atoms with Crippen molar-refractivity contribution < 1.29 is 14.3 Å². The zero-order valence-corrected chi connectivity index (χ0v) is 13.2. The van der Waals surface area contributed by atoms with Crippen LogP contribution in [0.2, 0.25) is 0 Å². The summed E-state index contributed by atoms with van der Waals surface area (Å²) in [7, 11) is 0. The molecule has 0 saturated carbocycles. The highest BCUT2D eigenvalue weighted by Crippen LogP contribution is 2.32. The van der Waals surface area contributed by atoms with Crippen LogP contribution in [-0.2, 0) is 14.3 Å². The molecule has 2 unspecified atom stereocenters. The van der Waals surface area contributed by atoms with Crippen molar-refractivity contribution in [3.63, 3.8) is 0 Å². The molecule has 1 aromatic carbocycles. The molecule has 0 aliphatic carbocycles. The summed E-state index contributed by atoms with van der Waals surface area (Å²) in [6, 6.07) is 10.3. The van der Waals surface area contributed by atoms with Gasteiger partial charge in [-0.3, -0.25) is 4.79 Å². The Morgan fingerprint density at radius 3 is 2.48 bits per heavy atom. The Kier molecular flexibility index (Phi) is 4.07. The van der Waals surface area contributed by atoms with Crippen LogP contribution >= 0.6 is 0 Å². The number of likely N-dealkylation sites (tertiary alicyclic amines) is 1. The zero-order valence-electron chi connectivity index (χ0n) is 13.2. The van der Waals surface area contributed by atoms with Gasteiger partial charge in [-0.1, -0.05) is 30.3 Å². The van der Waals surface area contributed by atoms with Crippen molar-refractivity contribution in [1.29, 1.82) is 0 Å². The van der Waals surface area contributed by atoms with E-state index in [-0.39, 0.29) is 18.0 Å². The van der Waals surface area contributed by atoms with Gasteiger partial charge in [0.2, 0.25) is 5.91 Å². The lowest BCUT2D eigenvalue weighted by Crippen LogP contribution is -2.52. The topological polar surface area (TPSA) is 62.8 Å². The zero-order chi connectivity index (χ0) is 15.7. The maximum Gasteiger partial charge on any atom is 0.241 e. The van der Waals surface area contributed by atoms with Gasteiger partial charge in [-0.05, 0) is 12.0 Å². The van der Waals surface area contributed by atoms with E-state index in [9.17, 15) is 4.79 Å². The number of benzene rings is 1. The van der Waals surface area contributed by atoms with Gasteiger partial charge >= 0.3 is 0 Å². The third kappa shape index (κ3) is 2.99. The maximum atomic E-state index is 12.7. The van der Waals surface area contributed by atoms with Crippen LogP contribution < -0.4 is 10.9 Å². The molecule has 3 saturated heterocycles. The van der Waals surface area contributed by atoms with Crippen LogP contribution in [0, 0.1) is 0 Å². The fourth-order valence-electron chi connectivity index (χ4n) is 3.70. The quantitative estimate of drug-likeness (QED) is 0.851. The van der Waals surface area contributed by atoms with E-state index in [4.69, 9.17) is 9.47 Å². The molecular weight excluding hydrogens is 294 g/mol. The summed E-state index contributed by atoms with van der Waals surface area (Å²) >= 11 is 0. The Morgan fingerprint density at radius 2 is 1.78 bits per heavy atom. The fraction of sp³-hybridized carbons (Fsp3) is 0.588. The molecule has 3 fully saturated rings. The monoisotopic (exact) mass is 317 g/mol. The minimum absolute atomic E-state index is 0.167. The Bertz CT molecular complexity index is 549. The number of hydrogen-bond donors (Lipinski definition) is 2. The van der Waals surface area contributed by atoms with Gasteiger partial charge in [0.05, 0.1) is 13.2 Å². The van der Waals surface area contributed by atoms with Gasteiger partial charge in [-0.25, -0.2) is 10.9 Å². The number of nitrogens with zero attached hydrogens (tertiary/aromatic N) is 1. The van der Waals surface area contributed by atoms with Gasteiger partial charge in [0, 0.05) is 32.0 Å². The first kappa shape index (κ1) is 15.1. The molecule has 0 radical (unpaired) electrons. The number of hydrazine groups is 1. The molecule has 23 heavy (non-hydrogen) atoms. The standard InChI is InChI=1S/C17H23N3O3/c21-16(20-8-6-17(7-9-20)22-10-11-23-17)15-12-14(18-19-15)13-4-2-1-3-5-13/h1-5,14-15,18-19H,6-12H2. The summed E-state index contributed by atoms with van der Waals surface area (Å²) in [5.74, 6) is -0.256. The number of carbonyl (C=O) groups is 1. The molecule has 3 heterocycles. The highest BCUT2D eigenvalue weighted by Gasteiger charge is 2.42. The second kappa shape index (κ2) is 6.20. The van der Waals surface area contributed by atoms with Crippen molar-refractivity contribution in [2.24, 2.45) is 0 Å². The third-order valence-electron chi connectivity index (χ3n) is 5.05. The number of nitrogens with one attached hydrogen (secondary N) is 2. The molecule has 0 aromatic heterocycles. The third-order valence-corrected chi connectivity index (χ3v) is 5.05. The van der Waals surface area contributed by atoms with Gasteiger partial charge in [0.25, 0.3) is 0 Å². The Balaban J connectivity index is 1.34. The largest absolute Gasteiger partial charge is 0.347 e. The lowest BCUT2D eigenvalue weighted by molar-refractivity contribution is -0.187. The Labute approximate surface area is 136 Å². The lowest BCUT2D eigenvalue weighted by Gasteiger charge is -2.38. The van der Waals surface area contributed by atoms with Gasteiger partial charge in [0.1, 0.15) is 6.04 Å². The first-order chi connectivity index (χ1) is 11.3. The first-order valence-electron chi connectivity index (χ1n) is 8.38. The molecule has 4 rings (SSSR count). The summed E-state index contributed by atoms with van der Waals surface area (Å²) in [5, 5.41) is 0. The smallest absolute Gasteiger partial charge is 0.241 e. The summed E-state index contributed by atoms with van der Waals surface area (Å²) in [6.45, 7) is 2.74. The molecule has 124 valence electrons. The van der Waals surface area contributed by atoms with Crippen molar-refractivity contribution in [1.82, 2.24) is 15.8 Å². The van der Waals surface area contributed by atoms with E-state index < -0.39 is 5.79 Å². The van der Waals surface area contributed by atoms with Crippen LogP contribution in [0.15, 0.2) is 30.3 Å². The number of rotatable bonds is 2. The second-order valence-corrected chi connectivity index (χ2v) is 6.47. The number of amides is 1. The molecule has 0 bridgehead atoms. The predicted molar refractivity (Wildman–Crippen MR) is 84.3 cm³/mol. The first-order valence-corrected chi connectivity index (χ1v) is 8.38. The average molecular weight is 317 g/mol. The van der Waals surface area contributed by atoms with Gasteiger partial charge in [0.15, 0.2) is 5.79 Å². The van der Waals surface area contributed by atoms with Crippen LogP contribution in [0.25, 0.3) is 0 Å². The van der Waals surface area contributed by atoms with E-state index in [1.807, 2.05) is 23.1 Å². The minimum atomic E-state index is -0.426. The predicted octanol–water partition coefficient (Wildman–Crippen LogP) is 0.960. The van der Waals surface area contributed by atoms with Gasteiger partial charge < -0.3 is 14.4 Å². The van der Waals surface area contributed by atoms with Crippen LogP contribution in [0.1, 0.15) is 30.9 Å². The fourth-order valence-corrected chi connectivity index (χ4v) is 3.70. The normalized spacial score (nSPS) is 30.0. The number of piperidine rings is 1. The van der Waals surface area contributed by atoms with Crippen LogP contribution in [0.4, 0.5) is 0 Å². The van der Waals surface area contributed by atoms with Crippen molar-refractivity contribution in [2.45, 2.75) is 37.1 Å². The van der Waals surface area contributed by atoms with Crippen molar-refractivity contribution >= 4 is 5.91 Å². The van der Waals surface area contributed by atoms with E-state index in [0.717, 1.165) is 19.3 Å². The van der Waals surface area contributed by atoms with Gasteiger partial charge in [-0.15, -0.1) is 0 Å². The van der Waals surface area contributed by atoms with E-state index in [2.05, 4.69) is 23.0 Å². The van der Waals surface area contributed by atoms with Crippen LogP contribution in [-0.4, -0.2) is 48.9 Å². The second-order valence-electron chi connectivity index (χ2n) is 6.47. The Hall–Kier alpha value is -1.47. The summed E-state index contributed by atoms with van der Waals surface area (Å²) in [5.41, 5.74) is 7.61. The number of carbonyl (C=O) groups excluding carboxylic acids is 1. The highest BCUT2D eigenvalue weighted by atomic mass is 16.7. The van der Waals surface area contributed by atoms with Crippen molar-refractivity contribution in [3.8, 4) is 0 Å². The molecule has 3 aliphatic rings. The summed E-state index contributed by atoms with van der Waals surface area (Å²) in [4.78, 5) is 14.7. The summed E-state index contributed by atoms with van der Waals surface area (Å²) in [6.07, 6.45) is 2.31. The van der Waals surface area contributed by atoms with E-state index >= 15 is 0 Å².